The summed E-state index contributed by atoms with van der Waals surface area (Å²) < 4.78 is 0. The summed E-state index contributed by atoms with van der Waals surface area (Å²) in [6.07, 6.45) is 0. The van der Waals surface area contributed by atoms with Gasteiger partial charge >= 0.3 is 0 Å². The fourth-order valence-corrected chi connectivity index (χ4v) is 7.68. The molecule has 0 aliphatic rings. The number of hydrogen-bond donors (Lipinski definition) is 0. The van der Waals surface area contributed by atoms with Crippen molar-refractivity contribution in [1.29, 1.82) is 0 Å². The second-order valence-corrected chi connectivity index (χ2v) is 13.1. The summed E-state index contributed by atoms with van der Waals surface area (Å²) in [6, 6.07) is 62.2. The first kappa shape index (κ1) is 31.3. The van der Waals surface area contributed by atoms with Crippen LogP contribution in [0.25, 0.3) is 22.3 Å². The van der Waals surface area contributed by atoms with Gasteiger partial charge in [-0.3, -0.25) is 0 Å². The van der Waals surface area contributed by atoms with Crippen molar-refractivity contribution in [3.8, 4) is 22.3 Å². The lowest BCUT2D eigenvalue weighted by Gasteiger charge is -2.22. The molecule has 0 atom stereocenters. The predicted molar refractivity (Wildman–Crippen MR) is 211 cm³/mol. The van der Waals surface area contributed by atoms with E-state index in [1.807, 2.05) is 0 Å². The Morgan fingerprint density at radius 1 is 0.271 bits per heavy atom. The van der Waals surface area contributed by atoms with Crippen molar-refractivity contribution >= 4 is 46.2 Å². The Bertz CT molecular complexity index is 1850. The van der Waals surface area contributed by atoms with E-state index < -0.39 is 0 Å². The van der Waals surface area contributed by atoms with Crippen molar-refractivity contribution < 1.29 is 0 Å². The van der Waals surface area contributed by atoms with Gasteiger partial charge in [0.15, 0.2) is 0 Å². The molecule has 0 spiro atoms. The van der Waals surface area contributed by atoms with Crippen molar-refractivity contribution in [3.05, 3.63) is 192 Å². The fraction of sp³-hybridized carbons (Fsp3) is 0.0870. The molecule has 0 aliphatic carbocycles. The summed E-state index contributed by atoms with van der Waals surface area (Å²) in [5.74, 6) is 0. The van der Waals surface area contributed by atoms with E-state index in [1.165, 1.54) is 77.3 Å². The standard InChI is InChI=1S/C46H40B2/c1-33-29-39(30-34(2)45(33)47(41-17-9-5-10-18-41)42-19-11-6-12-20-42)37-25-27-38(28-26-37)40-31-35(3)46(36(4)32-40)48(43-21-13-7-14-22-43)44-23-15-8-16-24-44/h5-32H,1-4H3. The minimum absolute atomic E-state index is 0.196. The predicted octanol–water partition coefficient (Wildman–Crippen LogP) is 7.29. The lowest BCUT2D eigenvalue weighted by Crippen LogP contribution is -2.53. The average Bonchev–Trinajstić information content (AvgIpc) is 3.12. The average molecular weight is 614 g/mol. The highest BCUT2D eigenvalue weighted by molar-refractivity contribution is 6.96. The number of hydrogen-bond acceptors (Lipinski definition) is 0. The van der Waals surface area contributed by atoms with Crippen LogP contribution < -0.4 is 32.8 Å². The molecule has 7 rings (SSSR count). The van der Waals surface area contributed by atoms with E-state index in [9.17, 15) is 0 Å². The van der Waals surface area contributed by atoms with Crippen molar-refractivity contribution in [3.63, 3.8) is 0 Å². The third-order valence-corrected chi connectivity index (χ3v) is 9.85. The van der Waals surface area contributed by atoms with E-state index >= 15 is 0 Å². The van der Waals surface area contributed by atoms with Crippen LogP contribution in [0, 0.1) is 27.7 Å². The Morgan fingerprint density at radius 2 is 0.500 bits per heavy atom. The van der Waals surface area contributed by atoms with Gasteiger partial charge in [0.2, 0.25) is 13.4 Å². The van der Waals surface area contributed by atoms with Crippen molar-refractivity contribution in [1.82, 2.24) is 0 Å². The molecule has 0 saturated heterocycles. The van der Waals surface area contributed by atoms with E-state index in [4.69, 9.17) is 0 Å². The molecule has 0 aliphatic heterocycles. The van der Waals surface area contributed by atoms with Crippen LogP contribution in [0.5, 0.6) is 0 Å². The Morgan fingerprint density at radius 3 is 0.729 bits per heavy atom. The highest BCUT2D eigenvalue weighted by Crippen LogP contribution is 2.27. The first-order valence-electron chi connectivity index (χ1n) is 17.0. The van der Waals surface area contributed by atoms with Gasteiger partial charge < -0.3 is 0 Å². The van der Waals surface area contributed by atoms with E-state index in [0.29, 0.717) is 0 Å². The molecule has 0 unspecified atom stereocenters. The second-order valence-electron chi connectivity index (χ2n) is 13.1. The highest BCUT2D eigenvalue weighted by Gasteiger charge is 2.26. The maximum atomic E-state index is 2.37. The monoisotopic (exact) mass is 614 g/mol. The van der Waals surface area contributed by atoms with Crippen LogP contribution in [0.4, 0.5) is 0 Å². The molecule has 7 aromatic rings. The van der Waals surface area contributed by atoms with E-state index in [1.54, 1.807) is 0 Å². The van der Waals surface area contributed by atoms with Gasteiger partial charge in [0.05, 0.1) is 0 Å². The third-order valence-electron chi connectivity index (χ3n) is 9.85. The number of benzene rings is 7. The summed E-state index contributed by atoms with van der Waals surface area (Å²) in [7, 11) is 0. The molecule has 7 aromatic carbocycles. The second kappa shape index (κ2) is 13.8. The molecule has 0 heterocycles. The van der Waals surface area contributed by atoms with Gasteiger partial charge in [0, 0.05) is 0 Å². The van der Waals surface area contributed by atoms with Crippen LogP contribution >= 0.6 is 0 Å². The summed E-state index contributed by atoms with van der Waals surface area (Å²) in [5.41, 5.74) is 18.4. The van der Waals surface area contributed by atoms with Gasteiger partial charge in [-0.05, 0) is 49.9 Å². The minimum Gasteiger partial charge on any atom is -0.0686 e. The first-order valence-corrected chi connectivity index (χ1v) is 17.0. The SMILES string of the molecule is Cc1cc(-c2ccc(-c3cc(C)c(B(c4ccccc4)c4ccccc4)c(C)c3)cc2)cc(C)c1B(c1ccccc1)c1ccccc1. The smallest absolute Gasteiger partial charge is 0.0686 e. The third kappa shape index (κ3) is 6.32. The van der Waals surface area contributed by atoms with Crippen molar-refractivity contribution in [2.75, 3.05) is 0 Å². The first-order chi connectivity index (χ1) is 23.5. The van der Waals surface area contributed by atoms with Crippen LogP contribution in [-0.2, 0) is 0 Å². The van der Waals surface area contributed by atoms with E-state index in [2.05, 4.69) is 198 Å². The molecular weight excluding hydrogens is 574 g/mol. The summed E-state index contributed by atoms with van der Waals surface area (Å²) in [5, 5.41) is 0. The van der Waals surface area contributed by atoms with Crippen molar-refractivity contribution in [2.45, 2.75) is 27.7 Å². The van der Waals surface area contributed by atoms with Gasteiger partial charge in [-0.25, -0.2) is 0 Å². The van der Waals surface area contributed by atoms with E-state index in [-0.39, 0.29) is 13.4 Å². The van der Waals surface area contributed by atoms with Crippen LogP contribution in [0.1, 0.15) is 22.3 Å². The zero-order chi connectivity index (χ0) is 33.0. The maximum absolute atomic E-state index is 2.37. The Kier molecular flexibility index (Phi) is 8.99. The van der Waals surface area contributed by atoms with Crippen molar-refractivity contribution in [2.24, 2.45) is 0 Å². The molecular formula is C46H40B2. The molecule has 0 saturated carbocycles. The van der Waals surface area contributed by atoms with Crippen LogP contribution in [-0.4, -0.2) is 13.4 Å². The summed E-state index contributed by atoms with van der Waals surface area (Å²) in [4.78, 5) is 0. The zero-order valence-electron chi connectivity index (χ0n) is 28.3. The molecule has 0 nitrogen and oxygen atoms in total. The molecule has 0 N–H and O–H groups in total. The molecule has 48 heavy (non-hydrogen) atoms. The fourth-order valence-electron chi connectivity index (χ4n) is 7.68. The Balaban J connectivity index is 1.21. The topological polar surface area (TPSA) is 0 Å². The molecule has 230 valence electrons. The quantitative estimate of drug-likeness (QED) is 0.158. The van der Waals surface area contributed by atoms with Crippen LogP contribution in [0.3, 0.4) is 0 Å². The Hall–Kier alpha value is -5.33. The van der Waals surface area contributed by atoms with Gasteiger partial charge in [0.25, 0.3) is 0 Å². The maximum Gasteiger partial charge on any atom is 0.241 e. The van der Waals surface area contributed by atoms with Gasteiger partial charge in [0.1, 0.15) is 0 Å². The molecule has 2 heteroatoms. The largest absolute Gasteiger partial charge is 0.241 e. The Labute approximate surface area is 287 Å². The number of aryl methyl sites for hydroxylation is 4. The lowest BCUT2D eigenvalue weighted by molar-refractivity contribution is 1.41. The van der Waals surface area contributed by atoms with Crippen LogP contribution in [0.15, 0.2) is 170 Å². The lowest BCUT2D eigenvalue weighted by atomic mass is 9.35. The highest BCUT2D eigenvalue weighted by atomic mass is 14.1. The summed E-state index contributed by atoms with van der Waals surface area (Å²) >= 11 is 0. The number of rotatable bonds is 8. The summed E-state index contributed by atoms with van der Waals surface area (Å²) in [6.45, 7) is 9.46. The van der Waals surface area contributed by atoms with E-state index in [0.717, 1.165) is 0 Å². The molecule has 0 fully saturated rings. The zero-order valence-corrected chi connectivity index (χ0v) is 28.3. The molecule has 0 aromatic heterocycles. The molecule has 0 amide bonds. The van der Waals surface area contributed by atoms with Crippen LogP contribution in [0.2, 0.25) is 0 Å². The normalized spacial score (nSPS) is 10.9. The van der Waals surface area contributed by atoms with Gasteiger partial charge in [-0.2, -0.15) is 0 Å². The van der Waals surface area contributed by atoms with Gasteiger partial charge in [-0.15, -0.1) is 0 Å². The minimum atomic E-state index is 0.196. The van der Waals surface area contributed by atoms with Gasteiger partial charge in [-0.1, -0.05) is 225 Å². The molecule has 0 bridgehead atoms. The molecule has 0 radical (unpaired) electrons.